The van der Waals surface area contributed by atoms with Gasteiger partial charge in [-0.15, -0.1) is 0 Å². The van der Waals surface area contributed by atoms with E-state index in [9.17, 15) is 18.0 Å². The molecule has 1 aliphatic heterocycles. The standard InChI is InChI=1S/C12H14N2O4S/c1-14-11(15)7-10(12(14)16)13-8-4-3-5-9(6-8)19(2,17)18/h3-6,10,13H,7H2,1-2H3. The number of amides is 2. The van der Waals surface area contributed by atoms with Crippen LogP contribution in [-0.2, 0) is 19.4 Å². The third-order valence-electron chi connectivity index (χ3n) is 2.98. The van der Waals surface area contributed by atoms with E-state index in [4.69, 9.17) is 0 Å². The summed E-state index contributed by atoms with van der Waals surface area (Å²) in [4.78, 5) is 24.3. The number of carbonyl (C=O) groups is 2. The Hall–Kier alpha value is -1.89. The topological polar surface area (TPSA) is 83.6 Å². The van der Waals surface area contributed by atoms with Gasteiger partial charge in [0, 0.05) is 19.0 Å². The smallest absolute Gasteiger partial charge is 0.251 e. The molecule has 2 rings (SSSR count). The van der Waals surface area contributed by atoms with Crippen LogP contribution >= 0.6 is 0 Å². The number of likely N-dealkylation sites (N-methyl/N-ethyl adjacent to an activating group) is 1. The van der Waals surface area contributed by atoms with Gasteiger partial charge in [0.15, 0.2) is 9.84 Å². The van der Waals surface area contributed by atoms with Crippen LogP contribution in [0.3, 0.4) is 0 Å². The van der Waals surface area contributed by atoms with Gasteiger partial charge in [-0.2, -0.15) is 0 Å². The summed E-state index contributed by atoms with van der Waals surface area (Å²) in [5.74, 6) is -0.559. The fourth-order valence-corrected chi connectivity index (χ4v) is 2.55. The largest absolute Gasteiger partial charge is 0.373 e. The summed E-state index contributed by atoms with van der Waals surface area (Å²) in [7, 11) is -1.87. The quantitative estimate of drug-likeness (QED) is 0.804. The van der Waals surface area contributed by atoms with Gasteiger partial charge in [-0.25, -0.2) is 8.42 Å². The molecule has 0 aromatic heterocycles. The minimum absolute atomic E-state index is 0.0818. The normalized spacial score (nSPS) is 19.9. The number of nitrogens with one attached hydrogen (secondary N) is 1. The van der Waals surface area contributed by atoms with E-state index in [1.165, 1.54) is 19.2 Å². The minimum atomic E-state index is -3.30. The van der Waals surface area contributed by atoms with Gasteiger partial charge < -0.3 is 5.32 Å². The lowest BCUT2D eigenvalue weighted by Crippen LogP contribution is -2.31. The number of anilines is 1. The van der Waals surface area contributed by atoms with Crippen molar-refractivity contribution in [3.05, 3.63) is 24.3 Å². The zero-order valence-corrected chi connectivity index (χ0v) is 11.4. The predicted molar refractivity (Wildman–Crippen MR) is 69.4 cm³/mol. The highest BCUT2D eigenvalue weighted by molar-refractivity contribution is 7.90. The Morgan fingerprint density at radius 1 is 1.32 bits per heavy atom. The van der Waals surface area contributed by atoms with E-state index in [1.807, 2.05) is 0 Å². The maximum atomic E-state index is 11.7. The number of likely N-dealkylation sites (tertiary alicyclic amines) is 1. The molecule has 1 heterocycles. The van der Waals surface area contributed by atoms with Crippen LogP contribution in [0.5, 0.6) is 0 Å². The third-order valence-corrected chi connectivity index (χ3v) is 4.09. The van der Waals surface area contributed by atoms with Crippen LogP contribution in [0.1, 0.15) is 6.42 Å². The zero-order valence-electron chi connectivity index (χ0n) is 10.6. The average molecular weight is 282 g/mol. The summed E-state index contributed by atoms with van der Waals surface area (Å²) in [6.07, 6.45) is 1.20. The van der Waals surface area contributed by atoms with Crippen LogP contribution in [-0.4, -0.2) is 44.5 Å². The summed E-state index contributed by atoms with van der Waals surface area (Å²) in [6, 6.07) is 5.54. The van der Waals surface area contributed by atoms with Gasteiger partial charge in [0.1, 0.15) is 6.04 Å². The molecular formula is C12H14N2O4S. The number of benzene rings is 1. The lowest BCUT2D eigenvalue weighted by atomic mass is 10.2. The summed E-state index contributed by atoms with van der Waals surface area (Å²) >= 11 is 0. The number of rotatable bonds is 3. The van der Waals surface area contributed by atoms with E-state index in [0.717, 1.165) is 11.2 Å². The molecule has 1 unspecified atom stereocenters. The number of hydrogen-bond acceptors (Lipinski definition) is 5. The lowest BCUT2D eigenvalue weighted by molar-refractivity contribution is -0.136. The molecule has 1 atom stereocenters. The molecule has 0 aliphatic carbocycles. The van der Waals surface area contributed by atoms with Gasteiger partial charge in [0.05, 0.1) is 11.3 Å². The molecular weight excluding hydrogens is 268 g/mol. The predicted octanol–water partition coefficient (Wildman–Crippen LogP) is 0.259. The van der Waals surface area contributed by atoms with E-state index >= 15 is 0 Å². The molecule has 7 heteroatoms. The first-order chi connectivity index (χ1) is 8.79. The molecule has 1 aliphatic rings. The molecule has 0 radical (unpaired) electrons. The van der Waals surface area contributed by atoms with Crippen LogP contribution in [0.2, 0.25) is 0 Å². The minimum Gasteiger partial charge on any atom is -0.373 e. The Morgan fingerprint density at radius 3 is 2.53 bits per heavy atom. The van der Waals surface area contributed by atoms with E-state index < -0.39 is 15.9 Å². The highest BCUT2D eigenvalue weighted by Crippen LogP contribution is 2.20. The molecule has 0 saturated carbocycles. The van der Waals surface area contributed by atoms with Crippen LogP contribution in [0.4, 0.5) is 5.69 Å². The second kappa shape index (κ2) is 4.65. The number of carbonyl (C=O) groups excluding carboxylic acids is 2. The molecule has 6 nitrogen and oxygen atoms in total. The Kier molecular flexibility index (Phi) is 3.32. The molecule has 1 N–H and O–H groups in total. The Morgan fingerprint density at radius 2 is 2.00 bits per heavy atom. The van der Waals surface area contributed by atoms with Crippen LogP contribution < -0.4 is 5.32 Å². The Labute approximate surface area is 111 Å². The molecule has 0 bridgehead atoms. The molecule has 1 aromatic rings. The summed E-state index contributed by atoms with van der Waals surface area (Å²) in [6.45, 7) is 0. The van der Waals surface area contributed by atoms with E-state index in [1.54, 1.807) is 12.1 Å². The Balaban J connectivity index is 2.21. The maximum absolute atomic E-state index is 11.7. The van der Waals surface area contributed by atoms with Crippen LogP contribution in [0.25, 0.3) is 0 Å². The van der Waals surface area contributed by atoms with Crippen molar-refractivity contribution in [1.82, 2.24) is 4.90 Å². The number of sulfone groups is 1. The summed E-state index contributed by atoms with van der Waals surface area (Å²) in [5.41, 5.74) is 0.504. The van der Waals surface area contributed by atoms with Gasteiger partial charge in [-0.05, 0) is 18.2 Å². The van der Waals surface area contributed by atoms with E-state index in [2.05, 4.69) is 5.32 Å². The van der Waals surface area contributed by atoms with Crippen molar-refractivity contribution in [3.63, 3.8) is 0 Å². The first-order valence-electron chi connectivity index (χ1n) is 5.66. The summed E-state index contributed by atoms with van der Waals surface area (Å²) in [5, 5.41) is 2.89. The van der Waals surface area contributed by atoms with Crippen molar-refractivity contribution in [3.8, 4) is 0 Å². The number of hydrogen-bond donors (Lipinski definition) is 1. The second-order valence-electron chi connectivity index (χ2n) is 4.49. The number of nitrogens with zero attached hydrogens (tertiary/aromatic N) is 1. The van der Waals surface area contributed by atoms with Gasteiger partial charge in [-0.1, -0.05) is 6.07 Å². The highest BCUT2D eigenvalue weighted by atomic mass is 32.2. The first-order valence-corrected chi connectivity index (χ1v) is 7.55. The zero-order chi connectivity index (χ0) is 14.2. The van der Waals surface area contributed by atoms with E-state index in [0.29, 0.717) is 5.69 Å². The number of imide groups is 1. The molecule has 0 spiro atoms. The van der Waals surface area contributed by atoms with E-state index in [-0.39, 0.29) is 23.1 Å². The third kappa shape index (κ3) is 2.76. The van der Waals surface area contributed by atoms with Crippen molar-refractivity contribution in [2.45, 2.75) is 17.4 Å². The van der Waals surface area contributed by atoms with Crippen molar-refractivity contribution in [2.24, 2.45) is 0 Å². The molecule has 2 amide bonds. The van der Waals surface area contributed by atoms with Crippen molar-refractivity contribution in [1.29, 1.82) is 0 Å². The van der Waals surface area contributed by atoms with Crippen LogP contribution in [0.15, 0.2) is 29.2 Å². The SMILES string of the molecule is CN1C(=O)CC(Nc2cccc(S(C)(=O)=O)c2)C1=O. The highest BCUT2D eigenvalue weighted by Gasteiger charge is 2.35. The van der Waals surface area contributed by atoms with Gasteiger partial charge in [0.2, 0.25) is 5.91 Å². The Bertz CT molecular complexity index is 639. The lowest BCUT2D eigenvalue weighted by Gasteiger charge is -2.13. The van der Waals surface area contributed by atoms with Crippen molar-refractivity contribution < 1.29 is 18.0 Å². The van der Waals surface area contributed by atoms with Crippen molar-refractivity contribution in [2.75, 3.05) is 18.6 Å². The second-order valence-corrected chi connectivity index (χ2v) is 6.51. The fraction of sp³-hybridized carbons (Fsp3) is 0.333. The maximum Gasteiger partial charge on any atom is 0.251 e. The average Bonchev–Trinajstić information content (AvgIpc) is 2.56. The molecule has 1 aromatic carbocycles. The summed E-state index contributed by atoms with van der Waals surface area (Å²) < 4.78 is 22.9. The monoisotopic (exact) mass is 282 g/mol. The molecule has 102 valence electrons. The van der Waals surface area contributed by atoms with Gasteiger partial charge in [0.25, 0.3) is 5.91 Å². The molecule has 1 saturated heterocycles. The molecule has 1 fully saturated rings. The first kappa shape index (κ1) is 13.5. The fourth-order valence-electron chi connectivity index (χ4n) is 1.89. The molecule has 19 heavy (non-hydrogen) atoms. The van der Waals surface area contributed by atoms with Gasteiger partial charge in [-0.3, -0.25) is 14.5 Å². The van der Waals surface area contributed by atoms with Crippen LogP contribution in [0, 0.1) is 0 Å². The van der Waals surface area contributed by atoms with Crippen molar-refractivity contribution >= 4 is 27.3 Å². The van der Waals surface area contributed by atoms with Gasteiger partial charge >= 0.3 is 0 Å².